The molecule has 1 aliphatic rings. The number of hydrogen-bond donors (Lipinski definition) is 1. The minimum atomic E-state index is -0.607. The van der Waals surface area contributed by atoms with E-state index >= 15 is 0 Å². The van der Waals surface area contributed by atoms with E-state index in [9.17, 15) is 8.78 Å². The standard InChI is InChI=1S/C12H15F2NO/c13-6-7-16-12-9(2-1-3-11(12)14)8-15-10-4-5-10/h1-3,10,15H,4-8H2. The fourth-order valence-corrected chi connectivity index (χ4v) is 1.54. The van der Waals surface area contributed by atoms with Crippen LogP contribution in [0.5, 0.6) is 5.75 Å². The lowest BCUT2D eigenvalue weighted by atomic mass is 10.2. The highest BCUT2D eigenvalue weighted by molar-refractivity contribution is 5.35. The van der Waals surface area contributed by atoms with Crippen molar-refractivity contribution in [2.45, 2.75) is 25.4 Å². The number of ether oxygens (including phenoxy) is 1. The third kappa shape index (κ3) is 2.92. The Hall–Kier alpha value is -1.16. The maximum absolute atomic E-state index is 13.4. The topological polar surface area (TPSA) is 21.3 Å². The third-order valence-electron chi connectivity index (χ3n) is 2.53. The zero-order chi connectivity index (χ0) is 11.4. The lowest BCUT2D eigenvalue weighted by Gasteiger charge is -2.11. The Morgan fingerprint density at radius 3 is 2.88 bits per heavy atom. The van der Waals surface area contributed by atoms with Crippen LogP contribution in [0.25, 0.3) is 0 Å². The van der Waals surface area contributed by atoms with Crippen molar-refractivity contribution in [2.24, 2.45) is 0 Å². The first-order chi connectivity index (χ1) is 7.81. The minimum absolute atomic E-state index is 0.0998. The Morgan fingerprint density at radius 1 is 1.38 bits per heavy atom. The van der Waals surface area contributed by atoms with Crippen molar-refractivity contribution in [1.82, 2.24) is 5.32 Å². The minimum Gasteiger partial charge on any atom is -0.487 e. The second kappa shape index (κ2) is 5.25. The first kappa shape index (κ1) is 11.3. The SMILES string of the molecule is FCCOc1c(F)cccc1CNC1CC1. The molecule has 0 bridgehead atoms. The van der Waals surface area contributed by atoms with Crippen molar-refractivity contribution in [3.05, 3.63) is 29.6 Å². The fourth-order valence-electron chi connectivity index (χ4n) is 1.54. The highest BCUT2D eigenvalue weighted by Gasteiger charge is 2.21. The van der Waals surface area contributed by atoms with Gasteiger partial charge < -0.3 is 10.1 Å². The molecular formula is C12H15F2NO. The molecule has 16 heavy (non-hydrogen) atoms. The van der Waals surface area contributed by atoms with Crippen LogP contribution < -0.4 is 10.1 Å². The molecule has 1 N–H and O–H groups in total. The van der Waals surface area contributed by atoms with Crippen LogP contribution in [0.3, 0.4) is 0 Å². The average molecular weight is 227 g/mol. The van der Waals surface area contributed by atoms with Gasteiger partial charge in [0.1, 0.15) is 13.3 Å². The molecule has 1 aromatic rings. The molecule has 0 aliphatic heterocycles. The van der Waals surface area contributed by atoms with E-state index in [1.54, 1.807) is 12.1 Å². The lowest BCUT2D eigenvalue weighted by molar-refractivity contribution is 0.259. The summed E-state index contributed by atoms with van der Waals surface area (Å²) in [6, 6.07) is 5.32. The van der Waals surface area contributed by atoms with Crippen LogP contribution in [-0.4, -0.2) is 19.3 Å². The van der Waals surface area contributed by atoms with Crippen LogP contribution in [0.1, 0.15) is 18.4 Å². The number of hydrogen-bond acceptors (Lipinski definition) is 2. The molecule has 2 nitrogen and oxygen atoms in total. The monoisotopic (exact) mass is 227 g/mol. The largest absolute Gasteiger partial charge is 0.487 e. The highest BCUT2D eigenvalue weighted by atomic mass is 19.1. The second-order valence-electron chi connectivity index (χ2n) is 3.92. The predicted octanol–water partition coefficient (Wildman–Crippen LogP) is 2.43. The molecule has 1 aromatic carbocycles. The lowest BCUT2D eigenvalue weighted by Crippen LogP contribution is -2.16. The summed E-state index contributed by atoms with van der Waals surface area (Å²) in [6.07, 6.45) is 2.35. The van der Waals surface area contributed by atoms with Crippen LogP contribution >= 0.6 is 0 Å². The molecule has 1 fully saturated rings. The Morgan fingerprint density at radius 2 is 2.19 bits per heavy atom. The van der Waals surface area contributed by atoms with Gasteiger partial charge in [-0.15, -0.1) is 0 Å². The molecule has 0 heterocycles. The molecule has 0 atom stereocenters. The Bertz CT molecular complexity index is 353. The second-order valence-corrected chi connectivity index (χ2v) is 3.92. The molecule has 1 aliphatic carbocycles. The van der Waals surface area contributed by atoms with Gasteiger partial charge in [0.05, 0.1) is 0 Å². The number of nitrogens with one attached hydrogen (secondary N) is 1. The molecule has 0 saturated heterocycles. The van der Waals surface area contributed by atoms with E-state index in [0.29, 0.717) is 12.6 Å². The highest BCUT2D eigenvalue weighted by Crippen LogP contribution is 2.25. The van der Waals surface area contributed by atoms with Crippen molar-refractivity contribution in [3.63, 3.8) is 0 Å². The Balaban J connectivity index is 2.04. The number of para-hydroxylation sites is 1. The van der Waals surface area contributed by atoms with E-state index < -0.39 is 12.5 Å². The summed E-state index contributed by atoms with van der Waals surface area (Å²) in [5, 5.41) is 3.28. The van der Waals surface area contributed by atoms with Gasteiger partial charge in [-0.3, -0.25) is 0 Å². The molecule has 0 radical (unpaired) electrons. The molecule has 1 saturated carbocycles. The van der Waals surface area contributed by atoms with Gasteiger partial charge in [-0.2, -0.15) is 0 Å². The fraction of sp³-hybridized carbons (Fsp3) is 0.500. The summed E-state index contributed by atoms with van der Waals surface area (Å²) in [7, 11) is 0. The number of alkyl halides is 1. The van der Waals surface area contributed by atoms with Gasteiger partial charge in [0.15, 0.2) is 11.6 Å². The van der Waals surface area contributed by atoms with Crippen molar-refractivity contribution in [3.8, 4) is 5.75 Å². The van der Waals surface area contributed by atoms with Gasteiger partial charge in [0.2, 0.25) is 0 Å². The Labute approximate surface area is 93.6 Å². The van der Waals surface area contributed by atoms with Gasteiger partial charge in [-0.1, -0.05) is 12.1 Å². The van der Waals surface area contributed by atoms with E-state index in [0.717, 1.165) is 5.56 Å². The van der Waals surface area contributed by atoms with Gasteiger partial charge in [-0.25, -0.2) is 8.78 Å². The van der Waals surface area contributed by atoms with Crippen molar-refractivity contribution in [1.29, 1.82) is 0 Å². The zero-order valence-corrected chi connectivity index (χ0v) is 9.01. The molecule has 0 unspecified atom stereocenters. The van der Waals surface area contributed by atoms with Crippen molar-refractivity contribution < 1.29 is 13.5 Å². The molecule has 0 amide bonds. The summed E-state index contributed by atoms with van der Waals surface area (Å²) in [5.74, 6) is -0.253. The van der Waals surface area contributed by atoms with E-state index in [1.807, 2.05) is 0 Å². The van der Waals surface area contributed by atoms with E-state index in [1.165, 1.54) is 18.9 Å². The van der Waals surface area contributed by atoms with Crippen LogP contribution in [0.15, 0.2) is 18.2 Å². The van der Waals surface area contributed by atoms with Crippen LogP contribution in [0.2, 0.25) is 0 Å². The van der Waals surface area contributed by atoms with E-state index in [-0.39, 0.29) is 12.4 Å². The van der Waals surface area contributed by atoms with Gasteiger partial charge in [0, 0.05) is 18.2 Å². The first-order valence-corrected chi connectivity index (χ1v) is 5.51. The smallest absolute Gasteiger partial charge is 0.165 e. The Kier molecular flexibility index (Phi) is 3.72. The molecule has 0 aromatic heterocycles. The van der Waals surface area contributed by atoms with Crippen molar-refractivity contribution >= 4 is 0 Å². The molecule has 88 valence electrons. The van der Waals surface area contributed by atoms with Crippen molar-refractivity contribution in [2.75, 3.05) is 13.3 Å². The average Bonchev–Trinajstić information content (AvgIpc) is 3.09. The van der Waals surface area contributed by atoms with Gasteiger partial charge in [-0.05, 0) is 18.9 Å². The summed E-state index contributed by atoms with van der Waals surface area (Å²) in [4.78, 5) is 0. The normalized spacial score (nSPS) is 15.1. The van der Waals surface area contributed by atoms with E-state index in [4.69, 9.17) is 4.74 Å². The van der Waals surface area contributed by atoms with Crippen LogP contribution in [0, 0.1) is 5.82 Å². The number of rotatable bonds is 6. The van der Waals surface area contributed by atoms with Crippen LogP contribution in [-0.2, 0) is 6.54 Å². The third-order valence-corrected chi connectivity index (χ3v) is 2.53. The van der Waals surface area contributed by atoms with E-state index in [2.05, 4.69) is 5.32 Å². The molecule has 4 heteroatoms. The van der Waals surface area contributed by atoms with Crippen LogP contribution in [0.4, 0.5) is 8.78 Å². The summed E-state index contributed by atoms with van der Waals surface area (Å²) in [6.45, 7) is -0.134. The van der Waals surface area contributed by atoms with Gasteiger partial charge in [0.25, 0.3) is 0 Å². The number of benzene rings is 1. The summed E-state index contributed by atoms with van der Waals surface area (Å²) in [5.41, 5.74) is 0.750. The summed E-state index contributed by atoms with van der Waals surface area (Å²) >= 11 is 0. The quantitative estimate of drug-likeness (QED) is 0.805. The maximum atomic E-state index is 13.4. The van der Waals surface area contributed by atoms with Gasteiger partial charge >= 0.3 is 0 Å². The summed E-state index contributed by atoms with van der Waals surface area (Å²) < 4.78 is 30.5. The molecule has 2 rings (SSSR count). The maximum Gasteiger partial charge on any atom is 0.165 e. The molecular weight excluding hydrogens is 212 g/mol. The first-order valence-electron chi connectivity index (χ1n) is 5.51. The number of halogens is 2. The zero-order valence-electron chi connectivity index (χ0n) is 9.01. The predicted molar refractivity (Wildman–Crippen MR) is 57.7 cm³/mol. The molecule has 0 spiro atoms.